The van der Waals surface area contributed by atoms with Gasteiger partial charge < -0.3 is 5.43 Å². The highest BCUT2D eigenvalue weighted by molar-refractivity contribution is 7.10. The van der Waals surface area contributed by atoms with Crippen molar-refractivity contribution in [3.05, 3.63) is 22.4 Å². The summed E-state index contributed by atoms with van der Waals surface area (Å²) >= 11 is 1.75. The maximum atomic E-state index is 5.49. The number of nitrogens with zero attached hydrogens (tertiary/aromatic N) is 1. The molecule has 0 radical (unpaired) electrons. The summed E-state index contributed by atoms with van der Waals surface area (Å²) in [6, 6.07) is 4.67. The molecule has 3 nitrogen and oxygen atoms in total. The van der Waals surface area contributed by atoms with Gasteiger partial charge in [0.2, 0.25) is 0 Å². The maximum absolute atomic E-state index is 5.49. The molecule has 0 aromatic carbocycles. The van der Waals surface area contributed by atoms with Crippen LogP contribution in [0.1, 0.15) is 30.6 Å². The van der Waals surface area contributed by atoms with E-state index in [1.807, 2.05) is 0 Å². The van der Waals surface area contributed by atoms with E-state index in [0.29, 0.717) is 6.04 Å². The smallest absolute Gasteiger partial charge is 0.116 e. The fourth-order valence-corrected chi connectivity index (χ4v) is 2.68. The highest BCUT2D eigenvalue weighted by atomic mass is 32.1. The van der Waals surface area contributed by atoms with Gasteiger partial charge in [-0.2, -0.15) is 0 Å². The van der Waals surface area contributed by atoms with Gasteiger partial charge in [0.05, 0.1) is 6.04 Å². The van der Waals surface area contributed by atoms with Crippen molar-refractivity contribution in [3.63, 3.8) is 0 Å². The Balaban J connectivity index is 1.96. The van der Waals surface area contributed by atoms with Gasteiger partial charge in [-0.3, -0.25) is 4.99 Å². The van der Waals surface area contributed by atoms with E-state index in [9.17, 15) is 0 Å². The van der Waals surface area contributed by atoms with Crippen LogP contribution in [0.15, 0.2) is 22.5 Å². The minimum Gasteiger partial charge on any atom is -0.312 e. The molecule has 0 amide bonds. The predicted molar refractivity (Wildman–Crippen MR) is 65.0 cm³/mol. The first-order chi connectivity index (χ1) is 7.38. The Morgan fingerprint density at radius 1 is 1.53 bits per heavy atom. The van der Waals surface area contributed by atoms with Crippen molar-refractivity contribution in [2.45, 2.75) is 38.1 Å². The van der Waals surface area contributed by atoms with Gasteiger partial charge >= 0.3 is 0 Å². The van der Waals surface area contributed by atoms with Crippen molar-refractivity contribution in [2.24, 2.45) is 10.8 Å². The molecule has 3 N–H and O–H groups in total. The normalized spacial score (nSPS) is 18.3. The lowest BCUT2D eigenvalue weighted by molar-refractivity contribution is 0.697. The Hall–Kier alpha value is -0.870. The van der Waals surface area contributed by atoms with E-state index in [-0.39, 0.29) is 0 Å². The predicted octanol–water partition coefficient (Wildman–Crippen LogP) is 2.09. The van der Waals surface area contributed by atoms with Crippen molar-refractivity contribution in [1.82, 2.24) is 5.43 Å². The first-order valence-electron chi connectivity index (χ1n) is 5.44. The van der Waals surface area contributed by atoms with Crippen LogP contribution in [-0.4, -0.2) is 11.9 Å². The topological polar surface area (TPSA) is 50.4 Å². The van der Waals surface area contributed by atoms with Gasteiger partial charge in [-0.1, -0.05) is 18.9 Å². The van der Waals surface area contributed by atoms with Crippen LogP contribution >= 0.6 is 11.3 Å². The van der Waals surface area contributed by atoms with Gasteiger partial charge in [-0.25, -0.2) is 5.84 Å². The van der Waals surface area contributed by atoms with Crippen LogP contribution in [-0.2, 0) is 6.42 Å². The standard InChI is InChI=1S/C11H17N3S/c12-14-11(8-10-6-3-7-15-10)13-9-4-1-2-5-9/h3,6-7,9H,1-2,4-5,8,12H2,(H,13,14). The molecule has 0 atom stereocenters. The Morgan fingerprint density at radius 3 is 2.93 bits per heavy atom. The zero-order chi connectivity index (χ0) is 10.5. The number of nitrogens with two attached hydrogens (primary N) is 1. The molecule has 0 spiro atoms. The van der Waals surface area contributed by atoms with Gasteiger partial charge in [-0.05, 0) is 24.3 Å². The molecular formula is C11H17N3S. The molecule has 1 saturated carbocycles. The highest BCUT2D eigenvalue weighted by Gasteiger charge is 2.14. The van der Waals surface area contributed by atoms with Crippen LogP contribution in [0.25, 0.3) is 0 Å². The van der Waals surface area contributed by atoms with Crippen molar-refractivity contribution in [1.29, 1.82) is 0 Å². The first kappa shape index (κ1) is 10.6. The summed E-state index contributed by atoms with van der Waals surface area (Å²) < 4.78 is 0. The molecule has 0 aliphatic heterocycles. The van der Waals surface area contributed by atoms with Crippen molar-refractivity contribution in [2.75, 3.05) is 0 Å². The van der Waals surface area contributed by atoms with Gasteiger partial charge in [-0.15, -0.1) is 11.3 Å². The number of hydrazine groups is 1. The molecule has 1 aliphatic carbocycles. The SMILES string of the molecule is NNC(Cc1cccs1)=NC1CCCC1. The summed E-state index contributed by atoms with van der Waals surface area (Å²) in [4.78, 5) is 5.97. The van der Waals surface area contributed by atoms with Crippen LogP contribution in [0.3, 0.4) is 0 Å². The third-order valence-corrected chi connectivity index (χ3v) is 3.63. The van der Waals surface area contributed by atoms with Gasteiger partial charge in [0.25, 0.3) is 0 Å². The van der Waals surface area contributed by atoms with E-state index in [4.69, 9.17) is 5.84 Å². The molecule has 4 heteroatoms. The molecule has 1 aromatic rings. The molecule has 82 valence electrons. The molecule has 1 heterocycles. The molecule has 2 rings (SSSR count). The van der Waals surface area contributed by atoms with Gasteiger partial charge in [0.1, 0.15) is 5.84 Å². The number of aliphatic imine (C=N–C) groups is 1. The fourth-order valence-electron chi connectivity index (χ4n) is 1.97. The molecular weight excluding hydrogens is 206 g/mol. The van der Waals surface area contributed by atoms with E-state index in [1.165, 1.54) is 30.6 Å². The first-order valence-corrected chi connectivity index (χ1v) is 6.32. The fraction of sp³-hybridized carbons (Fsp3) is 0.545. The molecule has 1 aliphatic rings. The number of nitrogens with one attached hydrogen (secondary N) is 1. The minimum absolute atomic E-state index is 0.496. The maximum Gasteiger partial charge on any atom is 0.116 e. The van der Waals surface area contributed by atoms with Crippen LogP contribution in [0.2, 0.25) is 0 Å². The lowest BCUT2D eigenvalue weighted by Gasteiger charge is -2.08. The summed E-state index contributed by atoms with van der Waals surface area (Å²) in [5.41, 5.74) is 2.72. The van der Waals surface area contributed by atoms with Crippen LogP contribution < -0.4 is 11.3 Å². The lowest BCUT2D eigenvalue weighted by Crippen LogP contribution is -2.32. The average molecular weight is 223 g/mol. The molecule has 0 unspecified atom stereocenters. The van der Waals surface area contributed by atoms with E-state index in [2.05, 4.69) is 27.9 Å². The Labute approximate surface area is 94.4 Å². The molecule has 0 bridgehead atoms. The number of amidine groups is 1. The zero-order valence-electron chi connectivity index (χ0n) is 8.78. The average Bonchev–Trinajstić information content (AvgIpc) is 2.89. The van der Waals surface area contributed by atoms with E-state index < -0.39 is 0 Å². The second-order valence-corrected chi connectivity index (χ2v) is 4.95. The second-order valence-electron chi connectivity index (χ2n) is 3.91. The Bertz CT molecular complexity index is 313. The van der Waals surface area contributed by atoms with Crippen molar-refractivity contribution < 1.29 is 0 Å². The summed E-state index contributed by atoms with van der Waals surface area (Å²) in [5.74, 6) is 6.41. The number of thiophene rings is 1. The van der Waals surface area contributed by atoms with Crippen LogP contribution in [0, 0.1) is 0 Å². The molecule has 1 fully saturated rings. The second kappa shape index (κ2) is 5.28. The molecule has 1 aromatic heterocycles. The van der Waals surface area contributed by atoms with Gasteiger partial charge in [0.15, 0.2) is 0 Å². The lowest BCUT2D eigenvalue weighted by atomic mass is 10.2. The summed E-state index contributed by atoms with van der Waals surface area (Å²) in [6.07, 6.45) is 5.89. The third kappa shape index (κ3) is 3.04. The van der Waals surface area contributed by atoms with E-state index in [1.54, 1.807) is 11.3 Å². The number of hydrogen-bond acceptors (Lipinski definition) is 3. The van der Waals surface area contributed by atoms with Crippen molar-refractivity contribution >= 4 is 17.2 Å². The summed E-state index contributed by atoms with van der Waals surface area (Å²) in [6.45, 7) is 0. The van der Waals surface area contributed by atoms with Crippen molar-refractivity contribution in [3.8, 4) is 0 Å². The molecule has 15 heavy (non-hydrogen) atoms. The van der Waals surface area contributed by atoms with Crippen LogP contribution in [0.4, 0.5) is 0 Å². The Morgan fingerprint density at radius 2 is 2.33 bits per heavy atom. The monoisotopic (exact) mass is 223 g/mol. The number of hydrogen-bond donors (Lipinski definition) is 2. The van der Waals surface area contributed by atoms with Gasteiger partial charge in [0, 0.05) is 11.3 Å². The summed E-state index contributed by atoms with van der Waals surface area (Å²) in [5, 5.41) is 2.08. The third-order valence-electron chi connectivity index (χ3n) is 2.75. The zero-order valence-corrected chi connectivity index (χ0v) is 9.59. The van der Waals surface area contributed by atoms with E-state index >= 15 is 0 Å². The summed E-state index contributed by atoms with van der Waals surface area (Å²) in [7, 11) is 0. The molecule has 0 saturated heterocycles. The van der Waals surface area contributed by atoms with E-state index in [0.717, 1.165) is 12.3 Å². The quantitative estimate of drug-likeness (QED) is 0.357. The minimum atomic E-state index is 0.496. The Kier molecular flexibility index (Phi) is 3.75. The highest BCUT2D eigenvalue weighted by Crippen LogP contribution is 2.21. The number of rotatable bonds is 3. The largest absolute Gasteiger partial charge is 0.312 e. The van der Waals surface area contributed by atoms with Crippen LogP contribution in [0.5, 0.6) is 0 Å².